The number of fused-ring (bicyclic) bond motifs is 2. The van der Waals surface area contributed by atoms with Crippen molar-refractivity contribution in [2.24, 2.45) is 0 Å². The van der Waals surface area contributed by atoms with E-state index in [0.29, 0.717) is 8.45 Å². The minimum absolute atomic E-state index is 0. The normalized spacial score (nSPS) is 16.8. The van der Waals surface area contributed by atoms with Gasteiger partial charge in [-0.05, 0) is 0 Å². The van der Waals surface area contributed by atoms with Crippen LogP contribution in [0.4, 0.5) is 0 Å². The summed E-state index contributed by atoms with van der Waals surface area (Å²) in [5.74, 6) is 0. The molecule has 4 aromatic rings. The summed E-state index contributed by atoms with van der Waals surface area (Å²) in [4.78, 5) is 0. The number of hydrogen-bond donors (Lipinski definition) is 0. The second kappa shape index (κ2) is 11.9. The fourth-order valence-electron chi connectivity index (χ4n) is 6.26. The van der Waals surface area contributed by atoms with Gasteiger partial charge in [-0.25, -0.2) is 0 Å². The van der Waals surface area contributed by atoms with E-state index >= 15 is 0 Å². The van der Waals surface area contributed by atoms with Gasteiger partial charge < -0.3 is 0 Å². The van der Waals surface area contributed by atoms with Gasteiger partial charge in [0, 0.05) is 0 Å². The summed E-state index contributed by atoms with van der Waals surface area (Å²) in [6.07, 6.45) is 4.57. The van der Waals surface area contributed by atoms with Crippen LogP contribution in [-0.2, 0) is 16.6 Å². The first-order valence-corrected chi connectivity index (χ1v) is 19.6. The van der Waals surface area contributed by atoms with E-state index in [9.17, 15) is 0 Å². The van der Waals surface area contributed by atoms with E-state index in [-0.39, 0.29) is 24.8 Å². The number of benzene rings is 4. The minimum atomic E-state index is -1.58. The van der Waals surface area contributed by atoms with Crippen molar-refractivity contribution in [2.75, 3.05) is 0 Å². The molecule has 0 aliphatic heterocycles. The summed E-state index contributed by atoms with van der Waals surface area (Å²) in [5, 5.41) is 0. The topological polar surface area (TPSA) is 0 Å². The van der Waals surface area contributed by atoms with E-state index < -0.39 is 22.8 Å². The van der Waals surface area contributed by atoms with Gasteiger partial charge in [0.25, 0.3) is 0 Å². The SMILES string of the molecule is CC1=Cc2cc(-c3ccccc3)ccc2[CH]1[Ti]([CH]1C(C)=Cc2cc(-c3ccccc3)ccc21)=[Si](C)C.Cl.Cl. The van der Waals surface area contributed by atoms with Gasteiger partial charge in [-0.15, -0.1) is 24.8 Å². The Labute approximate surface area is 246 Å². The Morgan fingerprint density at radius 3 is 1.29 bits per heavy atom. The van der Waals surface area contributed by atoms with Crippen molar-refractivity contribution in [1.29, 1.82) is 0 Å². The summed E-state index contributed by atoms with van der Waals surface area (Å²) in [6, 6.07) is 36.1. The first kappa shape index (κ1) is 28.9. The predicted octanol–water partition coefficient (Wildman–Crippen LogP) is 10.3. The Balaban J connectivity index is 0.00000168. The van der Waals surface area contributed by atoms with Gasteiger partial charge in [-0.1, -0.05) is 0 Å². The molecule has 192 valence electrons. The van der Waals surface area contributed by atoms with E-state index in [1.165, 1.54) is 33.4 Å². The monoisotopic (exact) mass is 588 g/mol. The molecule has 2 aliphatic rings. The molecule has 2 atom stereocenters. The third-order valence-electron chi connectivity index (χ3n) is 7.89. The Hall–Kier alpha value is -2.13. The van der Waals surface area contributed by atoms with E-state index in [0.717, 1.165) is 0 Å². The molecule has 2 aliphatic carbocycles. The van der Waals surface area contributed by atoms with Gasteiger partial charge in [0.2, 0.25) is 0 Å². The van der Waals surface area contributed by atoms with Crippen LogP contribution in [0.1, 0.15) is 44.5 Å². The Morgan fingerprint density at radius 2 is 0.921 bits per heavy atom. The molecule has 4 aromatic carbocycles. The fraction of sp³-hybridized carbons (Fsp3) is 0.176. The van der Waals surface area contributed by atoms with Gasteiger partial charge in [-0.3, -0.25) is 0 Å². The second-order valence-electron chi connectivity index (χ2n) is 10.5. The minimum Gasteiger partial charge on any atom is -0.147 e. The molecule has 0 heterocycles. The molecule has 0 nitrogen and oxygen atoms in total. The molecule has 0 spiro atoms. The molecule has 6 rings (SSSR count). The zero-order valence-corrected chi connectivity index (χ0v) is 26.6. The summed E-state index contributed by atoms with van der Waals surface area (Å²) in [6.45, 7) is 9.98. The quantitative estimate of drug-likeness (QED) is 0.208. The maximum absolute atomic E-state index is 2.59. The number of allylic oxidation sites excluding steroid dienone is 2. The van der Waals surface area contributed by atoms with Crippen molar-refractivity contribution < 1.29 is 16.6 Å². The van der Waals surface area contributed by atoms with Gasteiger partial charge in [0.05, 0.1) is 0 Å². The van der Waals surface area contributed by atoms with Gasteiger partial charge in [-0.2, -0.15) is 0 Å². The molecular weight excluding hydrogens is 555 g/mol. The molecule has 0 amide bonds. The van der Waals surface area contributed by atoms with Crippen molar-refractivity contribution in [2.45, 2.75) is 35.4 Å². The zero-order chi connectivity index (χ0) is 24.8. The Kier molecular flexibility index (Phi) is 9.07. The van der Waals surface area contributed by atoms with Crippen LogP contribution in [-0.4, -0.2) is 6.19 Å². The molecule has 0 fully saturated rings. The van der Waals surface area contributed by atoms with E-state index in [2.05, 4.69) is 136 Å². The van der Waals surface area contributed by atoms with Crippen molar-refractivity contribution in [3.8, 4) is 22.3 Å². The second-order valence-corrected chi connectivity index (χ2v) is 22.8. The maximum Gasteiger partial charge on any atom is -0.147 e. The molecule has 0 aromatic heterocycles. The standard InChI is InChI=1S/2C16H13.C2H6Si.2ClH.Ti/c2*1-12-9-14-7-8-15(11-16(14)10-12)13-5-3-2-4-6-13;1-3-2;;;/h2*2-11H,1H3;1-2H3;2*1H;. The molecule has 0 saturated carbocycles. The molecule has 0 saturated heterocycles. The maximum atomic E-state index is 2.59. The Morgan fingerprint density at radius 1 is 0.526 bits per heavy atom. The van der Waals surface area contributed by atoms with Crippen molar-refractivity contribution >= 4 is 43.2 Å². The van der Waals surface area contributed by atoms with Crippen molar-refractivity contribution in [3.05, 3.63) is 130 Å². The van der Waals surface area contributed by atoms with Crippen LogP contribution in [0.3, 0.4) is 0 Å². The van der Waals surface area contributed by atoms with Crippen LogP contribution in [0.15, 0.2) is 108 Å². The molecule has 4 heteroatoms. The molecular formula is C34H34Cl2SiTi. The summed E-state index contributed by atoms with van der Waals surface area (Å²) in [5.41, 5.74) is 14.5. The largest absolute Gasteiger partial charge is 0.147 e. The third kappa shape index (κ3) is 5.20. The molecule has 0 radical (unpaired) electrons. The van der Waals surface area contributed by atoms with E-state index in [4.69, 9.17) is 0 Å². The fourth-order valence-corrected chi connectivity index (χ4v) is 20.2. The molecule has 38 heavy (non-hydrogen) atoms. The number of halogens is 2. The predicted molar refractivity (Wildman–Crippen MR) is 169 cm³/mol. The molecule has 0 N–H and O–H groups in total. The van der Waals surface area contributed by atoms with Crippen molar-refractivity contribution in [3.63, 3.8) is 0 Å². The molecule has 2 unspecified atom stereocenters. The number of hydrogen-bond acceptors (Lipinski definition) is 0. The van der Waals surface area contributed by atoms with Crippen LogP contribution in [0.2, 0.25) is 13.1 Å². The van der Waals surface area contributed by atoms with Crippen LogP contribution >= 0.6 is 24.8 Å². The van der Waals surface area contributed by atoms with Gasteiger partial charge in [0.15, 0.2) is 0 Å². The Bertz CT molecular complexity index is 1450. The summed E-state index contributed by atoms with van der Waals surface area (Å²) < 4.78 is 1.31. The van der Waals surface area contributed by atoms with Crippen LogP contribution in [0.5, 0.6) is 0 Å². The number of rotatable bonds is 4. The van der Waals surface area contributed by atoms with Gasteiger partial charge in [0.1, 0.15) is 0 Å². The van der Waals surface area contributed by atoms with Crippen LogP contribution in [0.25, 0.3) is 34.4 Å². The van der Waals surface area contributed by atoms with E-state index in [1.54, 1.807) is 22.3 Å². The first-order valence-electron chi connectivity index (χ1n) is 12.9. The average molecular weight is 590 g/mol. The summed E-state index contributed by atoms with van der Waals surface area (Å²) in [7, 11) is 0. The van der Waals surface area contributed by atoms with Crippen LogP contribution < -0.4 is 0 Å². The van der Waals surface area contributed by atoms with Crippen molar-refractivity contribution in [1.82, 2.24) is 0 Å². The van der Waals surface area contributed by atoms with Gasteiger partial charge >= 0.3 is 223 Å². The third-order valence-corrected chi connectivity index (χ3v) is 21.2. The van der Waals surface area contributed by atoms with E-state index in [1.807, 2.05) is 0 Å². The van der Waals surface area contributed by atoms with Crippen LogP contribution in [0, 0.1) is 0 Å². The average Bonchev–Trinajstić information content (AvgIpc) is 3.40. The zero-order valence-electron chi connectivity index (χ0n) is 22.4. The molecule has 0 bridgehead atoms. The first-order chi connectivity index (χ1) is 17.5. The summed E-state index contributed by atoms with van der Waals surface area (Å²) >= 11 is -1.58. The smallest absolute Gasteiger partial charge is 0.147 e.